The van der Waals surface area contributed by atoms with Crippen molar-refractivity contribution in [1.82, 2.24) is 0 Å². The number of phenolic OH excluding ortho intramolecular Hbond substituents is 1. The number of hydrogen-bond donors (Lipinski definition) is 1. The van der Waals surface area contributed by atoms with Crippen LogP contribution in [0, 0.1) is 0 Å². The van der Waals surface area contributed by atoms with Gasteiger partial charge in [0.25, 0.3) is 0 Å². The van der Waals surface area contributed by atoms with Crippen LogP contribution in [0.2, 0.25) is 0 Å². The van der Waals surface area contributed by atoms with Crippen LogP contribution in [-0.4, -0.2) is 17.2 Å². The first-order valence-corrected chi connectivity index (χ1v) is 9.63. The van der Waals surface area contributed by atoms with Gasteiger partial charge in [0.05, 0.1) is 11.7 Å². The molecule has 0 heterocycles. The zero-order valence-corrected chi connectivity index (χ0v) is 15.4. The van der Waals surface area contributed by atoms with Crippen LogP contribution in [0.25, 0.3) is 0 Å². The molecule has 3 nitrogen and oxygen atoms in total. The van der Waals surface area contributed by atoms with Gasteiger partial charge in [0, 0.05) is 0 Å². The van der Waals surface area contributed by atoms with E-state index in [9.17, 15) is 9.90 Å². The molecule has 0 saturated carbocycles. The van der Waals surface area contributed by atoms with Gasteiger partial charge in [-0.05, 0) is 44.0 Å². The average molecular weight is 334 g/mol. The maximum absolute atomic E-state index is 11.9. The van der Waals surface area contributed by atoms with E-state index in [1.807, 2.05) is 6.92 Å². The Morgan fingerprint density at radius 2 is 1.42 bits per heavy atom. The maximum atomic E-state index is 11.9. The van der Waals surface area contributed by atoms with Gasteiger partial charge in [-0.3, -0.25) is 0 Å². The number of aromatic hydroxyl groups is 1. The summed E-state index contributed by atoms with van der Waals surface area (Å²) in [5.74, 6) is -0.153. The van der Waals surface area contributed by atoms with Crippen molar-refractivity contribution < 1.29 is 14.6 Å². The van der Waals surface area contributed by atoms with Gasteiger partial charge in [-0.1, -0.05) is 64.7 Å². The van der Waals surface area contributed by atoms with Crippen LogP contribution in [0.4, 0.5) is 0 Å². The molecule has 1 aromatic carbocycles. The normalized spacial score (nSPS) is 12.1. The van der Waals surface area contributed by atoms with E-state index in [0.717, 1.165) is 12.8 Å². The highest BCUT2D eigenvalue weighted by Gasteiger charge is 2.11. The number of ether oxygens (including phenoxy) is 1. The minimum absolute atomic E-state index is 0.0552. The van der Waals surface area contributed by atoms with Crippen LogP contribution in [0.1, 0.15) is 94.8 Å². The largest absolute Gasteiger partial charge is 0.508 e. The second kappa shape index (κ2) is 12.9. The summed E-state index contributed by atoms with van der Waals surface area (Å²) in [5.41, 5.74) is 0.489. The predicted molar refractivity (Wildman–Crippen MR) is 99.4 cm³/mol. The van der Waals surface area contributed by atoms with Crippen LogP contribution in [0.5, 0.6) is 5.75 Å². The fourth-order valence-corrected chi connectivity index (χ4v) is 2.83. The Bertz CT molecular complexity index is 439. The molecule has 1 atom stereocenters. The predicted octanol–water partition coefficient (Wildman–Crippen LogP) is 6.25. The lowest BCUT2D eigenvalue weighted by atomic mass is 10.0. The molecule has 1 unspecified atom stereocenters. The van der Waals surface area contributed by atoms with E-state index in [4.69, 9.17) is 4.74 Å². The van der Waals surface area contributed by atoms with E-state index in [2.05, 4.69) is 6.92 Å². The summed E-state index contributed by atoms with van der Waals surface area (Å²) in [5, 5.41) is 9.23. The minimum Gasteiger partial charge on any atom is -0.508 e. The molecule has 1 N–H and O–H groups in total. The second-order valence-electron chi connectivity index (χ2n) is 6.73. The second-order valence-corrected chi connectivity index (χ2v) is 6.73. The highest BCUT2D eigenvalue weighted by atomic mass is 16.5. The zero-order chi connectivity index (χ0) is 17.6. The SMILES string of the molecule is CCCCCCCCCCCCC(C)OC(=O)c1ccc(O)cc1. The first-order valence-electron chi connectivity index (χ1n) is 9.63. The lowest BCUT2D eigenvalue weighted by Gasteiger charge is -2.13. The van der Waals surface area contributed by atoms with Crippen LogP contribution in [-0.2, 0) is 4.74 Å². The molecule has 0 fully saturated rings. The van der Waals surface area contributed by atoms with Crippen LogP contribution in [0.3, 0.4) is 0 Å². The zero-order valence-electron chi connectivity index (χ0n) is 15.4. The Morgan fingerprint density at radius 3 is 1.96 bits per heavy atom. The lowest BCUT2D eigenvalue weighted by molar-refractivity contribution is 0.0319. The molecule has 0 aliphatic carbocycles. The number of unbranched alkanes of at least 4 members (excludes halogenated alkanes) is 9. The minimum atomic E-state index is -0.311. The molecule has 0 spiro atoms. The third-order valence-electron chi connectivity index (χ3n) is 4.38. The molecule has 0 saturated heterocycles. The van der Waals surface area contributed by atoms with Gasteiger partial charge >= 0.3 is 5.97 Å². The number of benzene rings is 1. The molecule has 0 amide bonds. The van der Waals surface area contributed by atoms with Gasteiger partial charge in [0.15, 0.2) is 0 Å². The molecule has 0 aromatic heterocycles. The summed E-state index contributed by atoms with van der Waals surface area (Å²) < 4.78 is 5.44. The quantitative estimate of drug-likeness (QED) is 0.342. The Hall–Kier alpha value is -1.51. The van der Waals surface area contributed by atoms with E-state index in [1.165, 1.54) is 69.9 Å². The highest BCUT2D eigenvalue weighted by Crippen LogP contribution is 2.15. The summed E-state index contributed by atoms with van der Waals surface area (Å²) in [6, 6.07) is 6.18. The number of hydrogen-bond acceptors (Lipinski definition) is 3. The molecular formula is C21H34O3. The lowest BCUT2D eigenvalue weighted by Crippen LogP contribution is -2.14. The van der Waals surface area contributed by atoms with Gasteiger partial charge in [-0.25, -0.2) is 4.79 Å². The summed E-state index contributed by atoms with van der Waals surface area (Å²) in [6.07, 6.45) is 14.0. The standard InChI is InChI=1S/C21H34O3/c1-3-4-5-6-7-8-9-10-11-12-13-18(2)24-21(23)19-14-16-20(22)17-15-19/h14-18,22H,3-13H2,1-2H3. The Kier molecular flexibility index (Phi) is 11.0. The molecule has 0 radical (unpaired) electrons. The van der Waals surface area contributed by atoms with Gasteiger partial charge in [0.1, 0.15) is 5.75 Å². The van der Waals surface area contributed by atoms with Gasteiger partial charge in [-0.15, -0.1) is 0 Å². The van der Waals surface area contributed by atoms with Gasteiger partial charge in [0.2, 0.25) is 0 Å². The van der Waals surface area contributed by atoms with Crippen molar-refractivity contribution in [3.63, 3.8) is 0 Å². The molecule has 0 bridgehead atoms. The van der Waals surface area contributed by atoms with E-state index < -0.39 is 0 Å². The Morgan fingerprint density at radius 1 is 0.917 bits per heavy atom. The summed E-state index contributed by atoms with van der Waals surface area (Å²) >= 11 is 0. The molecule has 24 heavy (non-hydrogen) atoms. The summed E-state index contributed by atoms with van der Waals surface area (Å²) in [7, 11) is 0. The van der Waals surface area contributed by atoms with Gasteiger partial charge in [-0.2, -0.15) is 0 Å². The maximum Gasteiger partial charge on any atom is 0.338 e. The molecule has 0 aliphatic rings. The smallest absolute Gasteiger partial charge is 0.338 e. The third-order valence-corrected chi connectivity index (χ3v) is 4.38. The van der Waals surface area contributed by atoms with Crippen LogP contribution >= 0.6 is 0 Å². The van der Waals surface area contributed by atoms with Crippen molar-refractivity contribution in [3.05, 3.63) is 29.8 Å². The molecule has 136 valence electrons. The van der Waals surface area contributed by atoms with Crippen LogP contribution in [0.15, 0.2) is 24.3 Å². The number of carbonyl (C=O) groups is 1. The molecule has 0 aliphatic heterocycles. The van der Waals surface area contributed by atoms with Gasteiger partial charge < -0.3 is 9.84 Å². The number of rotatable bonds is 13. The topological polar surface area (TPSA) is 46.5 Å². The van der Waals surface area contributed by atoms with Crippen molar-refractivity contribution in [1.29, 1.82) is 0 Å². The Labute approximate surface area is 147 Å². The molecule has 1 aromatic rings. The van der Waals surface area contributed by atoms with Crippen molar-refractivity contribution in [2.24, 2.45) is 0 Å². The number of carbonyl (C=O) groups excluding carboxylic acids is 1. The first kappa shape index (κ1) is 20.5. The number of phenols is 1. The van der Waals surface area contributed by atoms with Crippen molar-refractivity contribution in [2.75, 3.05) is 0 Å². The fourth-order valence-electron chi connectivity index (χ4n) is 2.83. The van der Waals surface area contributed by atoms with E-state index in [0.29, 0.717) is 5.56 Å². The van der Waals surface area contributed by atoms with E-state index in [-0.39, 0.29) is 17.8 Å². The summed E-state index contributed by atoms with van der Waals surface area (Å²) in [4.78, 5) is 11.9. The van der Waals surface area contributed by atoms with Crippen molar-refractivity contribution >= 4 is 5.97 Å². The summed E-state index contributed by atoms with van der Waals surface area (Å²) in [6.45, 7) is 4.20. The van der Waals surface area contributed by atoms with E-state index in [1.54, 1.807) is 12.1 Å². The number of esters is 1. The van der Waals surface area contributed by atoms with Crippen molar-refractivity contribution in [2.45, 2.75) is 90.6 Å². The monoisotopic (exact) mass is 334 g/mol. The Balaban J connectivity index is 2.01. The van der Waals surface area contributed by atoms with Crippen molar-refractivity contribution in [3.8, 4) is 5.75 Å². The molecular weight excluding hydrogens is 300 g/mol. The van der Waals surface area contributed by atoms with Crippen LogP contribution < -0.4 is 0 Å². The van der Waals surface area contributed by atoms with E-state index >= 15 is 0 Å². The highest BCUT2D eigenvalue weighted by molar-refractivity contribution is 5.89. The molecule has 1 rings (SSSR count). The molecule has 3 heteroatoms. The average Bonchev–Trinajstić information content (AvgIpc) is 2.57. The fraction of sp³-hybridized carbons (Fsp3) is 0.667. The third kappa shape index (κ3) is 9.59. The first-order chi connectivity index (χ1) is 11.6.